The molecule has 2 heteroatoms. The van der Waals surface area contributed by atoms with Gasteiger partial charge in [-0.15, -0.1) is 0 Å². The molecule has 1 nitrogen and oxygen atoms in total. The second-order valence-electron chi connectivity index (χ2n) is 3.74. The molecule has 0 aromatic carbocycles. The number of rotatable bonds is 7. The van der Waals surface area contributed by atoms with Gasteiger partial charge in [0.2, 0.25) is 0 Å². The lowest BCUT2D eigenvalue weighted by Crippen LogP contribution is -2.20. The van der Waals surface area contributed by atoms with Crippen molar-refractivity contribution in [3.8, 4) is 0 Å². The Kier molecular flexibility index (Phi) is 5.08. The number of thioether (sulfide) groups is 1. The molecule has 0 heterocycles. The summed E-state index contributed by atoms with van der Waals surface area (Å²) in [5, 5.41) is 4.35. The minimum absolute atomic E-state index is 0.840. The first kappa shape index (κ1) is 10.4. The van der Waals surface area contributed by atoms with Crippen LogP contribution in [0.2, 0.25) is 0 Å². The van der Waals surface area contributed by atoms with Gasteiger partial charge in [0.1, 0.15) is 0 Å². The van der Waals surface area contributed by atoms with Crippen molar-refractivity contribution < 1.29 is 0 Å². The standard InChI is InChI=1S/C10H21NS/c1-3-9(2)12-7-6-11-8-10-4-5-10/h9-11H,3-8H2,1-2H3. The van der Waals surface area contributed by atoms with Crippen LogP contribution >= 0.6 is 11.8 Å². The molecule has 0 aromatic rings. The molecular weight excluding hydrogens is 166 g/mol. The van der Waals surface area contributed by atoms with E-state index in [4.69, 9.17) is 0 Å². The molecule has 0 saturated heterocycles. The van der Waals surface area contributed by atoms with E-state index in [1.807, 2.05) is 0 Å². The average Bonchev–Trinajstić information content (AvgIpc) is 2.87. The zero-order valence-electron chi connectivity index (χ0n) is 8.31. The summed E-state index contributed by atoms with van der Waals surface area (Å²) < 4.78 is 0. The van der Waals surface area contributed by atoms with Crippen LogP contribution in [0.5, 0.6) is 0 Å². The molecule has 0 spiro atoms. The van der Waals surface area contributed by atoms with Gasteiger partial charge < -0.3 is 5.32 Å². The van der Waals surface area contributed by atoms with Crippen LogP contribution in [0.15, 0.2) is 0 Å². The van der Waals surface area contributed by atoms with Gasteiger partial charge in [-0.2, -0.15) is 11.8 Å². The predicted molar refractivity (Wildman–Crippen MR) is 57.8 cm³/mol. The first-order valence-electron chi connectivity index (χ1n) is 5.15. The van der Waals surface area contributed by atoms with E-state index in [-0.39, 0.29) is 0 Å². The quantitative estimate of drug-likeness (QED) is 0.615. The molecule has 1 unspecified atom stereocenters. The molecule has 1 aliphatic rings. The molecule has 1 fully saturated rings. The summed E-state index contributed by atoms with van der Waals surface area (Å²) in [4.78, 5) is 0. The van der Waals surface area contributed by atoms with Gasteiger partial charge in [0.25, 0.3) is 0 Å². The molecule has 0 bridgehead atoms. The molecule has 1 atom stereocenters. The number of hydrogen-bond donors (Lipinski definition) is 1. The Hall–Kier alpha value is 0.310. The van der Waals surface area contributed by atoms with Gasteiger partial charge in [0.15, 0.2) is 0 Å². The van der Waals surface area contributed by atoms with Gasteiger partial charge in [0.05, 0.1) is 0 Å². The van der Waals surface area contributed by atoms with Crippen LogP contribution in [0.1, 0.15) is 33.1 Å². The van der Waals surface area contributed by atoms with Gasteiger partial charge in [-0.05, 0) is 31.7 Å². The maximum absolute atomic E-state index is 3.51. The Balaban J connectivity index is 1.75. The lowest BCUT2D eigenvalue weighted by Gasteiger charge is -2.08. The number of hydrogen-bond acceptors (Lipinski definition) is 2. The summed E-state index contributed by atoms with van der Waals surface area (Å²) in [5.74, 6) is 2.31. The van der Waals surface area contributed by atoms with Gasteiger partial charge >= 0.3 is 0 Å². The molecule has 1 N–H and O–H groups in total. The maximum Gasteiger partial charge on any atom is 0.00607 e. The first-order chi connectivity index (χ1) is 5.83. The normalized spacial score (nSPS) is 19.5. The molecule has 0 amide bonds. The van der Waals surface area contributed by atoms with Crippen LogP contribution in [0.4, 0.5) is 0 Å². The van der Waals surface area contributed by atoms with E-state index >= 15 is 0 Å². The highest BCUT2D eigenvalue weighted by Gasteiger charge is 2.19. The zero-order chi connectivity index (χ0) is 8.81. The lowest BCUT2D eigenvalue weighted by molar-refractivity contribution is 0.665. The van der Waals surface area contributed by atoms with Crippen molar-refractivity contribution in [3.05, 3.63) is 0 Å². The monoisotopic (exact) mass is 187 g/mol. The highest BCUT2D eigenvalue weighted by atomic mass is 32.2. The minimum atomic E-state index is 0.840. The highest BCUT2D eigenvalue weighted by molar-refractivity contribution is 7.99. The van der Waals surface area contributed by atoms with E-state index in [2.05, 4.69) is 30.9 Å². The lowest BCUT2D eigenvalue weighted by atomic mass is 10.4. The maximum atomic E-state index is 3.51. The van der Waals surface area contributed by atoms with Crippen LogP contribution in [0, 0.1) is 5.92 Å². The highest BCUT2D eigenvalue weighted by Crippen LogP contribution is 2.27. The van der Waals surface area contributed by atoms with Crippen LogP contribution < -0.4 is 5.32 Å². The Morgan fingerprint density at radius 3 is 2.83 bits per heavy atom. The SMILES string of the molecule is CCC(C)SCCNCC1CC1. The van der Waals surface area contributed by atoms with Crippen molar-refractivity contribution in [1.82, 2.24) is 5.32 Å². The van der Waals surface area contributed by atoms with Crippen LogP contribution in [0.3, 0.4) is 0 Å². The molecule has 1 rings (SSSR count). The van der Waals surface area contributed by atoms with Crippen molar-refractivity contribution in [2.75, 3.05) is 18.8 Å². The third-order valence-corrected chi connectivity index (χ3v) is 3.73. The van der Waals surface area contributed by atoms with Crippen LogP contribution in [0.25, 0.3) is 0 Å². The predicted octanol–water partition coefficient (Wildman–Crippen LogP) is 2.52. The molecule has 1 aliphatic carbocycles. The smallest absolute Gasteiger partial charge is 0.00607 e. The van der Waals surface area contributed by atoms with E-state index in [1.54, 1.807) is 0 Å². The summed E-state index contributed by atoms with van der Waals surface area (Å²) in [7, 11) is 0. The van der Waals surface area contributed by atoms with E-state index in [0.29, 0.717) is 0 Å². The van der Waals surface area contributed by atoms with Gasteiger partial charge in [-0.3, -0.25) is 0 Å². The molecule has 1 saturated carbocycles. The van der Waals surface area contributed by atoms with Crippen molar-refractivity contribution in [1.29, 1.82) is 0 Å². The Labute approximate surface area is 80.7 Å². The largest absolute Gasteiger partial charge is 0.316 e. The van der Waals surface area contributed by atoms with E-state index < -0.39 is 0 Å². The van der Waals surface area contributed by atoms with Gasteiger partial charge in [0, 0.05) is 17.5 Å². The summed E-state index contributed by atoms with van der Waals surface area (Å²) in [6, 6.07) is 0. The summed E-state index contributed by atoms with van der Waals surface area (Å²) >= 11 is 2.09. The van der Waals surface area contributed by atoms with Crippen molar-refractivity contribution in [3.63, 3.8) is 0 Å². The molecule has 0 aliphatic heterocycles. The van der Waals surface area contributed by atoms with E-state index in [9.17, 15) is 0 Å². The summed E-state index contributed by atoms with van der Waals surface area (Å²) in [5.41, 5.74) is 0. The third kappa shape index (κ3) is 5.04. The Morgan fingerprint density at radius 2 is 2.25 bits per heavy atom. The van der Waals surface area contributed by atoms with Gasteiger partial charge in [-0.1, -0.05) is 13.8 Å². The van der Waals surface area contributed by atoms with E-state index in [1.165, 1.54) is 38.1 Å². The van der Waals surface area contributed by atoms with Crippen LogP contribution in [-0.2, 0) is 0 Å². The van der Waals surface area contributed by atoms with Crippen molar-refractivity contribution in [2.24, 2.45) is 5.92 Å². The molecule has 0 radical (unpaired) electrons. The fraction of sp³-hybridized carbons (Fsp3) is 1.00. The van der Waals surface area contributed by atoms with Crippen LogP contribution in [-0.4, -0.2) is 24.1 Å². The molecule has 0 aromatic heterocycles. The van der Waals surface area contributed by atoms with E-state index in [0.717, 1.165) is 11.2 Å². The van der Waals surface area contributed by atoms with Crippen molar-refractivity contribution >= 4 is 11.8 Å². The average molecular weight is 187 g/mol. The minimum Gasteiger partial charge on any atom is -0.316 e. The molecular formula is C10H21NS. The second kappa shape index (κ2) is 5.87. The fourth-order valence-electron chi connectivity index (χ4n) is 1.08. The number of nitrogens with one attached hydrogen (secondary N) is 1. The summed E-state index contributed by atoms with van der Waals surface area (Å²) in [6.45, 7) is 7.04. The molecule has 72 valence electrons. The fourth-order valence-corrected chi connectivity index (χ4v) is 1.98. The Morgan fingerprint density at radius 1 is 1.50 bits per heavy atom. The third-order valence-electron chi connectivity index (χ3n) is 2.39. The zero-order valence-corrected chi connectivity index (χ0v) is 9.12. The topological polar surface area (TPSA) is 12.0 Å². The summed E-state index contributed by atoms with van der Waals surface area (Å²) in [6.07, 6.45) is 4.23. The van der Waals surface area contributed by atoms with Gasteiger partial charge in [-0.25, -0.2) is 0 Å². The Bertz CT molecular complexity index is 112. The first-order valence-corrected chi connectivity index (χ1v) is 6.20. The molecule has 12 heavy (non-hydrogen) atoms. The second-order valence-corrected chi connectivity index (χ2v) is 5.28. The van der Waals surface area contributed by atoms with Crippen molar-refractivity contribution in [2.45, 2.75) is 38.4 Å².